The maximum Gasteiger partial charge on any atom is 0.258 e. The van der Waals surface area contributed by atoms with E-state index in [9.17, 15) is 9.59 Å². The summed E-state index contributed by atoms with van der Waals surface area (Å²) >= 11 is 5.98. The lowest BCUT2D eigenvalue weighted by Crippen LogP contribution is -2.47. The highest BCUT2D eigenvalue weighted by atomic mass is 35.5. The van der Waals surface area contributed by atoms with E-state index in [0.29, 0.717) is 29.4 Å². The molecule has 1 aliphatic heterocycles. The number of hydrogen-bond acceptors (Lipinski definition) is 4. The molecule has 7 heteroatoms. The van der Waals surface area contributed by atoms with Crippen molar-refractivity contribution in [3.63, 3.8) is 0 Å². The van der Waals surface area contributed by atoms with E-state index in [-0.39, 0.29) is 24.5 Å². The maximum absolute atomic E-state index is 11.9. The minimum atomic E-state index is -0.230. The van der Waals surface area contributed by atoms with Crippen molar-refractivity contribution < 1.29 is 14.3 Å². The van der Waals surface area contributed by atoms with E-state index in [1.165, 1.54) is 6.07 Å². The van der Waals surface area contributed by atoms with Gasteiger partial charge in [-0.3, -0.25) is 9.59 Å². The third kappa shape index (κ3) is 4.86. The Morgan fingerprint density at radius 3 is 2.70 bits per heavy atom. The number of benzene rings is 1. The highest BCUT2D eigenvalue weighted by Gasteiger charge is 2.22. The molecule has 0 radical (unpaired) electrons. The van der Waals surface area contributed by atoms with Gasteiger partial charge in [0.15, 0.2) is 6.61 Å². The summed E-state index contributed by atoms with van der Waals surface area (Å²) in [5, 5.41) is 12.0. The second-order valence-electron chi connectivity index (χ2n) is 5.39. The molecule has 1 fully saturated rings. The molecule has 0 bridgehead atoms. The fraction of sp³-hybridized carbons (Fsp3) is 0.438. The first-order valence-corrected chi connectivity index (χ1v) is 7.74. The number of ether oxygens (including phenoxy) is 1. The van der Waals surface area contributed by atoms with Crippen LogP contribution >= 0.6 is 11.6 Å². The van der Waals surface area contributed by atoms with Gasteiger partial charge in [-0.1, -0.05) is 11.6 Å². The van der Waals surface area contributed by atoms with E-state index in [4.69, 9.17) is 21.6 Å². The van der Waals surface area contributed by atoms with Gasteiger partial charge in [0.05, 0.1) is 16.7 Å². The first kappa shape index (κ1) is 17.1. The van der Waals surface area contributed by atoms with Crippen LogP contribution in [0.3, 0.4) is 0 Å². The first-order chi connectivity index (χ1) is 11.0. The van der Waals surface area contributed by atoms with Crippen LogP contribution in [0.25, 0.3) is 0 Å². The Morgan fingerprint density at radius 1 is 1.43 bits per heavy atom. The van der Waals surface area contributed by atoms with Crippen LogP contribution in [0, 0.1) is 11.3 Å². The minimum Gasteiger partial charge on any atom is -0.482 e. The van der Waals surface area contributed by atoms with Crippen LogP contribution in [-0.2, 0) is 9.59 Å². The van der Waals surface area contributed by atoms with Crippen molar-refractivity contribution >= 4 is 23.4 Å². The van der Waals surface area contributed by atoms with Gasteiger partial charge in [0.2, 0.25) is 5.91 Å². The molecule has 1 aliphatic rings. The summed E-state index contributed by atoms with van der Waals surface area (Å²) < 4.78 is 5.38. The standard InChI is InChI=1S/C16H18ClN3O3/c1-11(21)20-6-4-13(5-7-20)19-16(22)10-23-15-3-2-12(9-18)8-14(15)17/h2-3,8,13H,4-7,10H2,1H3,(H,19,22). The summed E-state index contributed by atoms with van der Waals surface area (Å²) in [7, 11) is 0. The molecular weight excluding hydrogens is 318 g/mol. The van der Waals surface area contributed by atoms with Crippen molar-refractivity contribution in [2.24, 2.45) is 0 Å². The van der Waals surface area contributed by atoms with Gasteiger partial charge in [-0.15, -0.1) is 0 Å². The first-order valence-electron chi connectivity index (χ1n) is 7.37. The number of carbonyl (C=O) groups is 2. The fourth-order valence-electron chi connectivity index (χ4n) is 2.44. The Balaban J connectivity index is 1.78. The molecule has 6 nitrogen and oxygen atoms in total. The normalized spacial score (nSPS) is 14.9. The predicted octanol–water partition coefficient (Wildman–Crippen LogP) is 1.72. The molecule has 1 aromatic carbocycles. The average molecular weight is 336 g/mol. The zero-order valence-electron chi connectivity index (χ0n) is 12.8. The van der Waals surface area contributed by atoms with E-state index in [2.05, 4.69) is 5.32 Å². The average Bonchev–Trinajstić information content (AvgIpc) is 2.54. The van der Waals surface area contributed by atoms with Crippen molar-refractivity contribution in [3.05, 3.63) is 28.8 Å². The number of likely N-dealkylation sites (tertiary alicyclic amines) is 1. The second kappa shape index (κ2) is 7.84. The zero-order chi connectivity index (χ0) is 16.8. The molecule has 1 aromatic rings. The number of nitrogens with one attached hydrogen (secondary N) is 1. The van der Waals surface area contributed by atoms with Crippen LogP contribution in [0.2, 0.25) is 5.02 Å². The Hall–Kier alpha value is -2.26. The van der Waals surface area contributed by atoms with E-state index in [1.54, 1.807) is 24.0 Å². The number of hydrogen-bond donors (Lipinski definition) is 1. The van der Waals surface area contributed by atoms with Crippen LogP contribution < -0.4 is 10.1 Å². The summed E-state index contributed by atoms with van der Waals surface area (Å²) in [5.41, 5.74) is 0.434. The van der Waals surface area contributed by atoms with Crippen LogP contribution in [-0.4, -0.2) is 42.5 Å². The largest absolute Gasteiger partial charge is 0.482 e. The molecule has 1 saturated heterocycles. The Bertz CT molecular complexity index is 634. The number of halogens is 1. The highest BCUT2D eigenvalue weighted by Crippen LogP contribution is 2.25. The molecule has 0 unspecified atom stereocenters. The lowest BCUT2D eigenvalue weighted by atomic mass is 10.1. The summed E-state index contributed by atoms with van der Waals surface area (Å²) in [4.78, 5) is 24.9. The van der Waals surface area contributed by atoms with Gasteiger partial charge in [0, 0.05) is 26.1 Å². The number of nitrogens with zero attached hydrogens (tertiary/aromatic N) is 2. The third-order valence-corrected chi connectivity index (χ3v) is 4.02. The molecule has 2 amide bonds. The van der Waals surface area contributed by atoms with Crippen molar-refractivity contribution in [1.82, 2.24) is 10.2 Å². The summed E-state index contributed by atoms with van der Waals surface area (Å²) in [6.07, 6.45) is 1.48. The monoisotopic (exact) mass is 335 g/mol. The van der Waals surface area contributed by atoms with Gasteiger partial charge in [-0.2, -0.15) is 5.26 Å². The number of rotatable bonds is 4. The second-order valence-corrected chi connectivity index (χ2v) is 5.80. The maximum atomic E-state index is 11.9. The smallest absolute Gasteiger partial charge is 0.258 e. The summed E-state index contributed by atoms with van der Waals surface area (Å²) in [6.45, 7) is 2.72. The van der Waals surface area contributed by atoms with Crippen LogP contribution in [0.5, 0.6) is 5.75 Å². The number of carbonyl (C=O) groups excluding carboxylic acids is 2. The Labute approximate surface area is 140 Å². The van der Waals surface area contributed by atoms with Crippen molar-refractivity contribution in [2.75, 3.05) is 19.7 Å². The fourth-order valence-corrected chi connectivity index (χ4v) is 2.67. The van der Waals surface area contributed by atoms with E-state index >= 15 is 0 Å². The molecular formula is C16H18ClN3O3. The van der Waals surface area contributed by atoms with Gasteiger partial charge < -0.3 is 15.0 Å². The zero-order valence-corrected chi connectivity index (χ0v) is 13.6. The van der Waals surface area contributed by atoms with Gasteiger partial charge in [0.25, 0.3) is 5.91 Å². The number of amides is 2. The Kier molecular flexibility index (Phi) is 5.83. The molecule has 0 aromatic heterocycles. The van der Waals surface area contributed by atoms with Crippen molar-refractivity contribution in [3.8, 4) is 11.8 Å². The SMILES string of the molecule is CC(=O)N1CCC(NC(=O)COc2ccc(C#N)cc2Cl)CC1. The predicted molar refractivity (Wildman–Crippen MR) is 85.1 cm³/mol. The van der Waals surface area contributed by atoms with Crippen LogP contribution in [0.15, 0.2) is 18.2 Å². The quantitative estimate of drug-likeness (QED) is 0.908. The van der Waals surface area contributed by atoms with E-state index in [1.807, 2.05) is 6.07 Å². The summed E-state index contributed by atoms with van der Waals surface area (Å²) in [5.74, 6) is 0.201. The highest BCUT2D eigenvalue weighted by molar-refractivity contribution is 6.32. The third-order valence-electron chi connectivity index (χ3n) is 3.73. The minimum absolute atomic E-state index is 0.0538. The molecule has 0 spiro atoms. The molecule has 0 aliphatic carbocycles. The lowest BCUT2D eigenvalue weighted by molar-refractivity contribution is -0.130. The summed E-state index contributed by atoms with van der Waals surface area (Å²) in [6, 6.07) is 6.67. The molecule has 1 heterocycles. The Morgan fingerprint density at radius 2 is 2.13 bits per heavy atom. The molecule has 122 valence electrons. The van der Waals surface area contributed by atoms with Crippen LogP contribution in [0.1, 0.15) is 25.3 Å². The molecule has 1 N–H and O–H groups in total. The lowest BCUT2D eigenvalue weighted by Gasteiger charge is -2.31. The topological polar surface area (TPSA) is 82.4 Å². The van der Waals surface area contributed by atoms with Gasteiger partial charge >= 0.3 is 0 Å². The van der Waals surface area contributed by atoms with Crippen molar-refractivity contribution in [2.45, 2.75) is 25.8 Å². The van der Waals surface area contributed by atoms with Crippen LogP contribution in [0.4, 0.5) is 0 Å². The molecule has 23 heavy (non-hydrogen) atoms. The number of piperidine rings is 1. The van der Waals surface area contributed by atoms with Gasteiger partial charge in [0.1, 0.15) is 5.75 Å². The number of nitriles is 1. The molecule has 2 rings (SSSR count). The molecule has 0 saturated carbocycles. The molecule has 0 atom stereocenters. The van der Waals surface area contributed by atoms with Gasteiger partial charge in [-0.25, -0.2) is 0 Å². The van der Waals surface area contributed by atoms with Crippen molar-refractivity contribution in [1.29, 1.82) is 5.26 Å². The van der Waals surface area contributed by atoms with E-state index in [0.717, 1.165) is 12.8 Å². The van der Waals surface area contributed by atoms with Gasteiger partial charge in [-0.05, 0) is 31.0 Å². The van der Waals surface area contributed by atoms with E-state index < -0.39 is 0 Å².